The molecular formula is C31H33FN4O3. The molecule has 7 nitrogen and oxygen atoms in total. The molecule has 1 atom stereocenters. The maximum absolute atomic E-state index is 15.7. The first kappa shape index (κ1) is 26.6. The van der Waals surface area contributed by atoms with Gasteiger partial charge in [0.25, 0.3) is 0 Å². The summed E-state index contributed by atoms with van der Waals surface area (Å²) in [6.07, 6.45) is 0. The van der Waals surface area contributed by atoms with Crippen LogP contribution in [-0.4, -0.2) is 32.7 Å². The Balaban J connectivity index is 1.51. The number of Topliss-reactive ketones (excluding diaryl/α,β-unsaturated/α-hetero) is 1. The number of anilines is 1. The molecule has 1 aliphatic heterocycles. The molecule has 3 aromatic carbocycles. The van der Waals surface area contributed by atoms with Crippen LogP contribution in [-0.2, 0) is 24.5 Å². The first-order valence-corrected chi connectivity index (χ1v) is 13.3. The van der Waals surface area contributed by atoms with Crippen molar-refractivity contribution in [2.75, 3.05) is 11.4 Å². The molecule has 39 heavy (non-hydrogen) atoms. The number of ether oxygens (including phenoxy) is 1. The van der Waals surface area contributed by atoms with Crippen molar-refractivity contribution in [1.29, 1.82) is 0 Å². The van der Waals surface area contributed by atoms with Crippen molar-refractivity contribution in [2.45, 2.75) is 59.4 Å². The Labute approximate surface area is 227 Å². The van der Waals surface area contributed by atoms with E-state index in [0.717, 1.165) is 21.4 Å². The van der Waals surface area contributed by atoms with Crippen LogP contribution in [0.25, 0.3) is 5.69 Å². The Morgan fingerprint density at radius 2 is 1.72 bits per heavy atom. The van der Waals surface area contributed by atoms with Gasteiger partial charge in [-0.3, -0.25) is 9.36 Å². The van der Waals surface area contributed by atoms with Crippen LogP contribution in [0.5, 0.6) is 0 Å². The Kier molecular flexibility index (Phi) is 7.48. The highest BCUT2D eigenvalue weighted by atomic mass is 19.1. The van der Waals surface area contributed by atoms with Crippen molar-refractivity contribution in [3.05, 3.63) is 111 Å². The van der Waals surface area contributed by atoms with Gasteiger partial charge < -0.3 is 9.64 Å². The van der Waals surface area contributed by atoms with Crippen LogP contribution in [0.3, 0.4) is 0 Å². The van der Waals surface area contributed by atoms with Crippen molar-refractivity contribution in [3.8, 4) is 5.69 Å². The van der Waals surface area contributed by atoms with Gasteiger partial charge in [-0.05, 0) is 56.5 Å². The Bertz CT molecular complexity index is 1560. The van der Waals surface area contributed by atoms with Gasteiger partial charge in [0.05, 0.1) is 18.2 Å². The van der Waals surface area contributed by atoms with Crippen molar-refractivity contribution in [1.82, 2.24) is 14.3 Å². The number of carbonyl (C=O) groups is 1. The fraction of sp³-hybridized carbons (Fsp3) is 0.323. The Morgan fingerprint density at radius 1 is 1.00 bits per heavy atom. The molecule has 0 N–H and O–H groups in total. The summed E-state index contributed by atoms with van der Waals surface area (Å²) in [5.41, 5.74) is 3.47. The fourth-order valence-corrected chi connectivity index (χ4v) is 5.27. The van der Waals surface area contributed by atoms with E-state index in [9.17, 15) is 9.59 Å². The van der Waals surface area contributed by atoms with E-state index in [1.807, 2.05) is 82.3 Å². The quantitative estimate of drug-likeness (QED) is 0.306. The topological polar surface area (TPSA) is 69.4 Å². The van der Waals surface area contributed by atoms with Gasteiger partial charge in [-0.2, -0.15) is 4.68 Å². The molecule has 5 rings (SSSR count). The third kappa shape index (κ3) is 5.04. The lowest BCUT2D eigenvalue weighted by Gasteiger charge is -2.38. The van der Waals surface area contributed by atoms with E-state index in [-0.39, 0.29) is 24.1 Å². The second kappa shape index (κ2) is 11.0. The molecule has 0 fully saturated rings. The summed E-state index contributed by atoms with van der Waals surface area (Å²) in [6.45, 7) is 9.20. The number of ketones is 1. The molecule has 0 aliphatic carbocycles. The number of aryl methyl sites for hydroxylation is 1. The molecule has 2 heterocycles. The lowest BCUT2D eigenvalue weighted by molar-refractivity contribution is 0.0954. The molecular weight excluding hydrogens is 495 g/mol. The molecule has 0 saturated carbocycles. The standard InChI is InChI=1S/C31H33FN4O3/c1-5-34-29(19-39-18-22-12-7-6-8-13-22)33-36(31(34)38)28-16-27-24(15-26(28)32)30(37)25(17-35(27)20(2)3)23-14-10-9-11-21(23)4/h6-16,20,25H,5,17-19H2,1-4H3/t25-/m0/s1. The molecule has 0 saturated heterocycles. The molecule has 1 aliphatic rings. The van der Waals surface area contributed by atoms with Crippen LogP contribution in [0.1, 0.15) is 59.6 Å². The number of fused-ring (bicyclic) bond motifs is 1. The van der Waals surface area contributed by atoms with Gasteiger partial charge in [0.2, 0.25) is 0 Å². The van der Waals surface area contributed by atoms with Gasteiger partial charge >= 0.3 is 5.69 Å². The SMILES string of the molecule is CCn1c(COCc2ccccc2)nn(-c2cc3c(cc2F)C(=O)[C@H](c2ccccc2C)CN3C(C)C)c1=O. The number of benzene rings is 3. The van der Waals surface area contributed by atoms with Crippen LogP contribution in [0.4, 0.5) is 10.1 Å². The van der Waals surface area contributed by atoms with Crippen LogP contribution in [0.2, 0.25) is 0 Å². The van der Waals surface area contributed by atoms with Gasteiger partial charge in [0.15, 0.2) is 11.6 Å². The first-order valence-electron chi connectivity index (χ1n) is 13.3. The lowest BCUT2D eigenvalue weighted by Crippen LogP contribution is -2.42. The van der Waals surface area contributed by atoms with E-state index in [4.69, 9.17) is 4.74 Å². The van der Waals surface area contributed by atoms with Gasteiger partial charge in [-0.15, -0.1) is 5.10 Å². The number of rotatable bonds is 8. The Morgan fingerprint density at radius 3 is 2.41 bits per heavy atom. The number of aromatic nitrogens is 3. The molecule has 0 spiro atoms. The Hall–Kier alpha value is -4.04. The zero-order chi connectivity index (χ0) is 27.7. The third-order valence-electron chi connectivity index (χ3n) is 7.35. The average molecular weight is 529 g/mol. The molecule has 0 unspecified atom stereocenters. The molecule has 0 bridgehead atoms. The number of hydrogen-bond donors (Lipinski definition) is 0. The minimum Gasteiger partial charge on any atom is -0.369 e. The van der Waals surface area contributed by atoms with Gasteiger partial charge in [0, 0.05) is 24.7 Å². The predicted molar refractivity (Wildman–Crippen MR) is 149 cm³/mol. The number of carbonyl (C=O) groups excluding carboxylic acids is 1. The van der Waals surface area contributed by atoms with Crippen LogP contribution in [0.15, 0.2) is 71.5 Å². The molecule has 1 aromatic heterocycles. The maximum atomic E-state index is 15.7. The van der Waals surface area contributed by atoms with Gasteiger partial charge in [0.1, 0.15) is 18.1 Å². The summed E-state index contributed by atoms with van der Waals surface area (Å²) in [5.74, 6) is -0.785. The van der Waals surface area contributed by atoms with Crippen LogP contribution in [0, 0.1) is 12.7 Å². The highest BCUT2D eigenvalue weighted by molar-refractivity contribution is 6.08. The average Bonchev–Trinajstić information content (AvgIpc) is 3.24. The van der Waals surface area contributed by atoms with E-state index < -0.39 is 17.4 Å². The van der Waals surface area contributed by atoms with E-state index in [1.165, 1.54) is 10.6 Å². The normalized spacial score (nSPS) is 15.2. The van der Waals surface area contributed by atoms with Crippen LogP contribution >= 0.6 is 0 Å². The van der Waals surface area contributed by atoms with E-state index >= 15 is 4.39 Å². The highest BCUT2D eigenvalue weighted by Gasteiger charge is 2.36. The fourth-order valence-electron chi connectivity index (χ4n) is 5.27. The lowest BCUT2D eigenvalue weighted by atomic mass is 9.83. The summed E-state index contributed by atoms with van der Waals surface area (Å²) in [6, 6.07) is 20.4. The van der Waals surface area contributed by atoms with E-state index in [2.05, 4.69) is 10.00 Å². The number of halogens is 1. The number of nitrogens with zero attached hydrogens (tertiary/aromatic N) is 4. The molecule has 0 radical (unpaired) electrons. The minimum atomic E-state index is -0.671. The van der Waals surface area contributed by atoms with Crippen LogP contribution < -0.4 is 10.6 Å². The van der Waals surface area contributed by atoms with Crippen molar-refractivity contribution < 1.29 is 13.9 Å². The maximum Gasteiger partial charge on any atom is 0.350 e. The second-order valence-corrected chi connectivity index (χ2v) is 10.2. The minimum absolute atomic E-state index is 0.0167. The monoisotopic (exact) mass is 528 g/mol. The summed E-state index contributed by atoms with van der Waals surface area (Å²) >= 11 is 0. The van der Waals surface area contributed by atoms with Crippen molar-refractivity contribution in [2.24, 2.45) is 0 Å². The highest BCUT2D eigenvalue weighted by Crippen LogP contribution is 2.38. The number of hydrogen-bond acceptors (Lipinski definition) is 5. The summed E-state index contributed by atoms with van der Waals surface area (Å²) < 4.78 is 24.0. The molecule has 202 valence electrons. The van der Waals surface area contributed by atoms with Crippen molar-refractivity contribution in [3.63, 3.8) is 0 Å². The summed E-state index contributed by atoms with van der Waals surface area (Å²) in [5, 5.41) is 4.45. The smallest absolute Gasteiger partial charge is 0.350 e. The second-order valence-electron chi connectivity index (χ2n) is 10.2. The molecule has 0 amide bonds. The first-order chi connectivity index (χ1) is 18.8. The van der Waals surface area contributed by atoms with Gasteiger partial charge in [-0.1, -0.05) is 54.6 Å². The molecule has 4 aromatic rings. The molecule has 8 heteroatoms. The third-order valence-corrected chi connectivity index (χ3v) is 7.35. The summed E-state index contributed by atoms with van der Waals surface area (Å²) in [4.78, 5) is 29.0. The zero-order valence-electron chi connectivity index (χ0n) is 22.7. The van der Waals surface area contributed by atoms with E-state index in [1.54, 1.807) is 6.07 Å². The largest absolute Gasteiger partial charge is 0.369 e. The zero-order valence-corrected chi connectivity index (χ0v) is 22.7. The van der Waals surface area contributed by atoms with Crippen molar-refractivity contribution >= 4 is 11.5 Å². The predicted octanol–water partition coefficient (Wildman–Crippen LogP) is 5.41. The van der Waals surface area contributed by atoms with Gasteiger partial charge in [-0.25, -0.2) is 9.18 Å². The summed E-state index contributed by atoms with van der Waals surface area (Å²) in [7, 11) is 0. The van der Waals surface area contributed by atoms with E-state index in [0.29, 0.717) is 36.8 Å².